The molecule has 0 unspecified atom stereocenters. The molecule has 0 aromatic carbocycles. The third kappa shape index (κ3) is 6.81. The highest BCUT2D eigenvalue weighted by atomic mass is 35.5. The Hall–Kier alpha value is -0.320. The number of carbonyl (C=O) groups is 1. The van der Waals surface area contributed by atoms with Crippen molar-refractivity contribution in [2.24, 2.45) is 5.73 Å². The first-order chi connectivity index (χ1) is 5.59. The van der Waals surface area contributed by atoms with E-state index in [1.807, 2.05) is 6.92 Å². The van der Waals surface area contributed by atoms with Gasteiger partial charge in [-0.1, -0.05) is 13.3 Å². The molecule has 13 heavy (non-hydrogen) atoms. The number of ether oxygens (including phenoxy) is 1. The summed E-state index contributed by atoms with van der Waals surface area (Å²) >= 11 is 0. The van der Waals surface area contributed by atoms with Crippen LogP contribution in [-0.2, 0) is 9.53 Å². The van der Waals surface area contributed by atoms with Crippen molar-refractivity contribution in [3.63, 3.8) is 0 Å². The van der Waals surface area contributed by atoms with Crippen molar-refractivity contribution < 1.29 is 14.6 Å². The summed E-state index contributed by atoms with van der Waals surface area (Å²) in [4.78, 5) is 11.0. The number of aliphatic hydroxyl groups excluding tert-OH is 1. The molecule has 0 saturated heterocycles. The Morgan fingerprint density at radius 2 is 2.15 bits per heavy atom. The Morgan fingerprint density at radius 3 is 2.54 bits per heavy atom. The van der Waals surface area contributed by atoms with Gasteiger partial charge in [0.1, 0.15) is 6.04 Å². The molecule has 0 heterocycles. The molecule has 0 amide bonds. The van der Waals surface area contributed by atoms with Crippen LogP contribution in [0.5, 0.6) is 0 Å². The highest BCUT2D eigenvalue weighted by Crippen LogP contribution is 1.95. The average Bonchev–Trinajstić information content (AvgIpc) is 2.03. The van der Waals surface area contributed by atoms with Crippen LogP contribution in [0, 0.1) is 0 Å². The van der Waals surface area contributed by atoms with Crippen LogP contribution in [0.25, 0.3) is 0 Å². The first-order valence-electron chi connectivity index (χ1n) is 4.19. The minimum absolute atomic E-state index is 0. The predicted octanol–water partition coefficient (Wildman–Crippen LogP) is 0.460. The molecule has 0 aliphatic rings. The molecule has 0 aromatic heterocycles. The van der Waals surface area contributed by atoms with Gasteiger partial charge in [0.05, 0.1) is 12.7 Å². The summed E-state index contributed by atoms with van der Waals surface area (Å²) in [6.07, 6.45) is 0.953. The molecule has 0 aliphatic carbocycles. The van der Waals surface area contributed by atoms with Gasteiger partial charge in [-0.25, -0.2) is 0 Å². The Balaban J connectivity index is 0. The number of unbranched alkanes of at least 4 members (excludes halogenated alkanes) is 1. The fourth-order valence-corrected chi connectivity index (χ4v) is 0.610. The fraction of sp³-hybridized carbons (Fsp3) is 0.875. The molecular formula is C8H18ClNO3. The number of hydrogen-bond acceptors (Lipinski definition) is 4. The largest absolute Gasteiger partial charge is 0.464 e. The van der Waals surface area contributed by atoms with Gasteiger partial charge in [-0.2, -0.15) is 0 Å². The van der Waals surface area contributed by atoms with E-state index in [2.05, 4.69) is 0 Å². The van der Waals surface area contributed by atoms with Crippen LogP contribution in [0.3, 0.4) is 0 Å². The van der Waals surface area contributed by atoms with Crippen LogP contribution in [0.15, 0.2) is 0 Å². The number of halogens is 1. The van der Waals surface area contributed by atoms with E-state index < -0.39 is 18.1 Å². The van der Waals surface area contributed by atoms with Crippen molar-refractivity contribution in [3.05, 3.63) is 0 Å². The van der Waals surface area contributed by atoms with E-state index in [1.165, 1.54) is 6.92 Å². The summed E-state index contributed by atoms with van der Waals surface area (Å²) in [6, 6.07) is -0.915. The van der Waals surface area contributed by atoms with Gasteiger partial charge in [0.15, 0.2) is 0 Å². The molecule has 80 valence electrons. The molecule has 0 rings (SSSR count). The number of aliphatic hydroxyl groups is 1. The van der Waals surface area contributed by atoms with E-state index in [0.717, 1.165) is 12.8 Å². The van der Waals surface area contributed by atoms with Crippen LogP contribution in [0.4, 0.5) is 0 Å². The van der Waals surface area contributed by atoms with Gasteiger partial charge < -0.3 is 15.6 Å². The average molecular weight is 212 g/mol. The van der Waals surface area contributed by atoms with Crippen LogP contribution >= 0.6 is 12.4 Å². The van der Waals surface area contributed by atoms with Crippen LogP contribution in [-0.4, -0.2) is 29.8 Å². The van der Waals surface area contributed by atoms with Crippen molar-refractivity contribution in [3.8, 4) is 0 Å². The molecular weight excluding hydrogens is 194 g/mol. The van der Waals surface area contributed by atoms with Gasteiger partial charge in [-0.15, -0.1) is 12.4 Å². The second-order valence-electron chi connectivity index (χ2n) is 2.79. The van der Waals surface area contributed by atoms with Crippen LogP contribution in [0.2, 0.25) is 0 Å². The van der Waals surface area contributed by atoms with Gasteiger partial charge in [-0.3, -0.25) is 4.79 Å². The Labute approximate surface area is 84.9 Å². The van der Waals surface area contributed by atoms with Crippen molar-refractivity contribution in [1.82, 2.24) is 0 Å². The molecule has 0 radical (unpaired) electrons. The quantitative estimate of drug-likeness (QED) is 0.512. The van der Waals surface area contributed by atoms with Gasteiger partial charge in [0.2, 0.25) is 0 Å². The maximum atomic E-state index is 11.0. The van der Waals surface area contributed by atoms with E-state index in [9.17, 15) is 4.79 Å². The summed E-state index contributed by atoms with van der Waals surface area (Å²) < 4.78 is 4.78. The summed E-state index contributed by atoms with van der Waals surface area (Å²) in [5.74, 6) is -0.529. The Kier molecular flexibility index (Phi) is 9.67. The molecule has 4 nitrogen and oxygen atoms in total. The highest BCUT2D eigenvalue weighted by Gasteiger charge is 2.19. The van der Waals surface area contributed by atoms with E-state index in [1.54, 1.807) is 0 Å². The van der Waals surface area contributed by atoms with Crippen LogP contribution < -0.4 is 5.73 Å². The van der Waals surface area contributed by atoms with E-state index >= 15 is 0 Å². The molecule has 0 spiro atoms. The molecule has 0 fully saturated rings. The van der Waals surface area contributed by atoms with E-state index in [4.69, 9.17) is 15.6 Å². The minimum atomic E-state index is -0.915. The summed E-state index contributed by atoms with van der Waals surface area (Å²) in [6.45, 7) is 3.85. The number of carbonyl (C=O) groups excluding carboxylic acids is 1. The summed E-state index contributed by atoms with van der Waals surface area (Å²) in [5, 5.41) is 8.92. The second kappa shape index (κ2) is 8.29. The molecule has 0 bridgehead atoms. The van der Waals surface area contributed by atoms with Gasteiger partial charge in [0, 0.05) is 0 Å². The zero-order valence-electron chi connectivity index (χ0n) is 8.03. The first kappa shape index (κ1) is 15.2. The third-order valence-electron chi connectivity index (χ3n) is 1.53. The minimum Gasteiger partial charge on any atom is -0.464 e. The van der Waals surface area contributed by atoms with Gasteiger partial charge in [-0.05, 0) is 13.3 Å². The SMILES string of the molecule is CCCCOC(=O)[C@@H](N)[C@@H](C)O.Cl. The topological polar surface area (TPSA) is 72.5 Å². The number of esters is 1. The van der Waals surface area contributed by atoms with Gasteiger partial charge >= 0.3 is 5.97 Å². The molecule has 2 atom stereocenters. The fourth-order valence-electron chi connectivity index (χ4n) is 0.610. The second-order valence-corrected chi connectivity index (χ2v) is 2.79. The lowest BCUT2D eigenvalue weighted by Crippen LogP contribution is -2.41. The molecule has 0 aliphatic heterocycles. The zero-order chi connectivity index (χ0) is 9.56. The van der Waals surface area contributed by atoms with Crippen molar-refractivity contribution in [1.29, 1.82) is 0 Å². The highest BCUT2D eigenvalue weighted by molar-refractivity contribution is 5.85. The van der Waals surface area contributed by atoms with E-state index in [-0.39, 0.29) is 12.4 Å². The summed E-state index contributed by atoms with van der Waals surface area (Å²) in [7, 11) is 0. The molecule has 0 saturated carbocycles. The number of rotatable bonds is 5. The third-order valence-corrected chi connectivity index (χ3v) is 1.53. The first-order valence-corrected chi connectivity index (χ1v) is 4.19. The summed E-state index contributed by atoms with van der Waals surface area (Å²) in [5.41, 5.74) is 5.32. The maximum Gasteiger partial charge on any atom is 0.325 e. The standard InChI is InChI=1S/C8H17NO3.ClH/c1-3-4-5-12-8(11)7(9)6(2)10;/h6-7,10H,3-5,9H2,1-2H3;1H/t6-,7+;/m1./s1. The molecule has 5 heteroatoms. The van der Waals surface area contributed by atoms with Crippen molar-refractivity contribution >= 4 is 18.4 Å². The molecule has 0 aromatic rings. The normalized spacial score (nSPS) is 14.2. The Bertz CT molecular complexity index is 141. The maximum absolute atomic E-state index is 11.0. The number of hydrogen-bond donors (Lipinski definition) is 2. The lowest BCUT2D eigenvalue weighted by molar-refractivity contribution is -0.147. The lowest BCUT2D eigenvalue weighted by Gasteiger charge is -2.13. The monoisotopic (exact) mass is 211 g/mol. The smallest absolute Gasteiger partial charge is 0.325 e. The van der Waals surface area contributed by atoms with E-state index in [0.29, 0.717) is 6.61 Å². The number of nitrogens with two attached hydrogens (primary N) is 1. The molecule has 3 N–H and O–H groups in total. The van der Waals surface area contributed by atoms with Gasteiger partial charge in [0.25, 0.3) is 0 Å². The van der Waals surface area contributed by atoms with Crippen molar-refractivity contribution in [2.45, 2.75) is 38.8 Å². The van der Waals surface area contributed by atoms with Crippen molar-refractivity contribution in [2.75, 3.05) is 6.61 Å². The Morgan fingerprint density at radius 1 is 1.62 bits per heavy atom. The zero-order valence-corrected chi connectivity index (χ0v) is 8.84. The lowest BCUT2D eigenvalue weighted by atomic mass is 10.2. The van der Waals surface area contributed by atoms with Crippen LogP contribution in [0.1, 0.15) is 26.7 Å². The predicted molar refractivity (Wildman–Crippen MR) is 52.8 cm³/mol.